The molecule has 0 saturated heterocycles. The summed E-state index contributed by atoms with van der Waals surface area (Å²) in [6.07, 6.45) is 4.49. The number of rotatable bonds is 10. The molecule has 0 radical (unpaired) electrons. The van der Waals surface area contributed by atoms with Crippen LogP contribution < -0.4 is 5.32 Å². The van der Waals surface area contributed by atoms with Gasteiger partial charge in [0.15, 0.2) is 0 Å². The Morgan fingerprint density at radius 2 is 1.70 bits per heavy atom. The average Bonchev–Trinajstić information content (AvgIpc) is 2.45. The van der Waals surface area contributed by atoms with Gasteiger partial charge in [0, 0.05) is 25.6 Å². The van der Waals surface area contributed by atoms with E-state index in [1.807, 2.05) is 12.1 Å². The first-order valence-corrected chi connectivity index (χ1v) is 7.64. The molecule has 0 fully saturated rings. The van der Waals surface area contributed by atoms with Crippen molar-refractivity contribution in [2.75, 3.05) is 26.8 Å². The molecule has 0 saturated carbocycles. The first-order valence-electron chi connectivity index (χ1n) is 7.64. The van der Waals surface area contributed by atoms with E-state index < -0.39 is 0 Å². The number of methoxy groups -OCH3 is 1. The fourth-order valence-electron chi connectivity index (χ4n) is 2.95. The SMILES string of the molecule is CCCC(CCC)(CNCCOC)c1ccc(F)cc1. The molecule has 114 valence electrons. The van der Waals surface area contributed by atoms with Crippen LogP contribution in [0.15, 0.2) is 24.3 Å². The lowest BCUT2D eigenvalue weighted by atomic mass is 9.73. The minimum absolute atomic E-state index is 0.102. The molecule has 0 aliphatic rings. The Kier molecular flexibility index (Phi) is 7.78. The Morgan fingerprint density at radius 3 is 2.20 bits per heavy atom. The Bertz CT molecular complexity index is 358. The summed E-state index contributed by atoms with van der Waals surface area (Å²) in [6.45, 7) is 6.92. The van der Waals surface area contributed by atoms with E-state index in [1.54, 1.807) is 19.2 Å². The second-order valence-corrected chi connectivity index (χ2v) is 5.46. The second-order valence-electron chi connectivity index (χ2n) is 5.46. The van der Waals surface area contributed by atoms with Crippen LogP contribution in [0.1, 0.15) is 45.1 Å². The number of hydrogen-bond donors (Lipinski definition) is 1. The summed E-state index contributed by atoms with van der Waals surface area (Å²) >= 11 is 0. The fourth-order valence-corrected chi connectivity index (χ4v) is 2.95. The van der Waals surface area contributed by atoms with E-state index in [0.29, 0.717) is 0 Å². The van der Waals surface area contributed by atoms with Crippen molar-refractivity contribution in [1.29, 1.82) is 0 Å². The van der Waals surface area contributed by atoms with E-state index in [9.17, 15) is 4.39 Å². The van der Waals surface area contributed by atoms with Crippen LogP contribution in [0.2, 0.25) is 0 Å². The van der Waals surface area contributed by atoms with Crippen molar-refractivity contribution >= 4 is 0 Å². The maximum Gasteiger partial charge on any atom is 0.123 e. The van der Waals surface area contributed by atoms with Gasteiger partial charge >= 0.3 is 0 Å². The molecule has 2 nitrogen and oxygen atoms in total. The van der Waals surface area contributed by atoms with Crippen LogP contribution in [0.25, 0.3) is 0 Å². The average molecular weight is 281 g/mol. The summed E-state index contributed by atoms with van der Waals surface area (Å²) in [6, 6.07) is 7.03. The van der Waals surface area contributed by atoms with Crippen LogP contribution in [0.4, 0.5) is 4.39 Å². The van der Waals surface area contributed by atoms with E-state index in [1.165, 1.54) is 5.56 Å². The molecule has 0 amide bonds. The minimum atomic E-state index is -0.164. The quantitative estimate of drug-likeness (QED) is 0.657. The summed E-state index contributed by atoms with van der Waals surface area (Å²) in [4.78, 5) is 0. The maximum atomic E-state index is 13.2. The molecular weight excluding hydrogens is 253 g/mol. The number of hydrogen-bond acceptors (Lipinski definition) is 2. The monoisotopic (exact) mass is 281 g/mol. The van der Waals surface area contributed by atoms with E-state index in [2.05, 4.69) is 19.2 Å². The van der Waals surface area contributed by atoms with Crippen LogP contribution in [0, 0.1) is 5.82 Å². The molecule has 0 aromatic heterocycles. The van der Waals surface area contributed by atoms with Gasteiger partial charge in [-0.3, -0.25) is 0 Å². The molecule has 0 bridgehead atoms. The lowest BCUT2D eigenvalue weighted by Gasteiger charge is -2.35. The standard InChI is InChI=1S/C17H28FNO/c1-4-10-17(11-5-2,14-19-12-13-20-3)15-6-8-16(18)9-7-15/h6-9,19H,4-5,10-14H2,1-3H3. The second kappa shape index (κ2) is 9.09. The van der Waals surface area contributed by atoms with Crippen LogP contribution in [0.5, 0.6) is 0 Å². The van der Waals surface area contributed by atoms with Crippen molar-refractivity contribution in [2.24, 2.45) is 0 Å². The van der Waals surface area contributed by atoms with Gasteiger partial charge in [-0.2, -0.15) is 0 Å². The fraction of sp³-hybridized carbons (Fsp3) is 0.647. The highest BCUT2D eigenvalue weighted by Gasteiger charge is 2.30. The first kappa shape index (κ1) is 17.1. The van der Waals surface area contributed by atoms with Gasteiger partial charge in [-0.1, -0.05) is 38.8 Å². The summed E-state index contributed by atoms with van der Waals surface area (Å²) in [5.41, 5.74) is 1.35. The number of ether oxygens (including phenoxy) is 1. The predicted octanol–water partition coefficient (Wildman–Crippen LogP) is 3.90. The highest BCUT2D eigenvalue weighted by Crippen LogP contribution is 2.34. The zero-order valence-electron chi connectivity index (χ0n) is 13.0. The Labute approximate surface area is 122 Å². The van der Waals surface area contributed by atoms with E-state index in [4.69, 9.17) is 4.74 Å². The van der Waals surface area contributed by atoms with E-state index in [-0.39, 0.29) is 11.2 Å². The summed E-state index contributed by atoms with van der Waals surface area (Å²) < 4.78 is 18.3. The summed E-state index contributed by atoms with van der Waals surface area (Å²) in [5, 5.41) is 3.49. The van der Waals surface area contributed by atoms with Gasteiger partial charge in [-0.05, 0) is 30.5 Å². The third kappa shape index (κ3) is 4.88. The van der Waals surface area contributed by atoms with Crippen LogP contribution in [0.3, 0.4) is 0 Å². The molecule has 20 heavy (non-hydrogen) atoms. The van der Waals surface area contributed by atoms with Crippen molar-refractivity contribution in [3.05, 3.63) is 35.6 Å². The lowest BCUT2D eigenvalue weighted by molar-refractivity contribution is 0.194. The minimum Gasteiger partial charge on any atom is -0.383 e. The number of nitrogens with one attached hydrogen (secondary N) is 1. The molecule has 0 atom stereocenters. The molecule has 1 rings (SSSR count). The molecule has 1 aromatic rings. The lowest BCUT2D eigenvalue weighted by Crippen LogP contribution is -2.39. The van der Waals surface area contributed by atoms with Gasteiger partial charge in [0.1, 0.15) is 5.82 Å². The van der Waals surface area contributed by atoms with Crippen LogP contribution >= 0.6 is 0 Å². The molecule has 1 N–H and O–H groups in total. The topological polar surface area (TPSA) is 21.3 Å². The van der Waals surface area contributed by atoms with Gasteiger partial charge in [0.05, 0.1) is 6.61 Å². The third-order valence-corrected chi connectivity index (χ3v) is 3.86. The van der Waals surface area contributed by atoms with Crippen LogP contribution in [-0.4, -0.2) is 26.8 Å². The van der Waals surface area contributed by atoms with Crippen LogP contribution in [-0.2, 0) is 10.2 Å². The van der Waals surface area contributed by atoms with Gasteiger partial charge in [0.25, 0.3) is 0 Å². The normalized spacial score (nSPS) is 11.8. The number of benzene rings is 1. The van der Waals surface area contributed by atoms with Crippen molar-refractivity contribution in [1.82, 2.24) is 5.32 Å². The Morgan fingerprint density at radius 1 is 1.10 bits per heavy atom. The summed E-state index contributed by atoms with van der Waals surface area (Å²) in [5.74, 6) is -0.164. The molecule has 0 spiro atoms. The Balaban J connectivity index is 2.87. The molecular formula is C17H28FNO. The zero-order chi connectivity index (χ0) is 14.8. The van der Waals surface area contributed by atoms with E-state index >= 15 is 0 Å². The smallest absolute Gasteiger partial charge is 0.123 e. The first-order chi connectivity index (χ1) is 9.68. The van der Waals surface area contributed by atoms with Gasteiger partial charge in [-0.15, -0.1) is 0 Å². The van der Waals surface area contributed by atoms with Gasteiger partial charge < -0.3 is 10.1 Å². The molecule has 0 unspecified atom stereocenters. The maximum absolute atomic E-state index is 13.2. The van der Waals surface area contributed by atoms with Gasteiger partial charge in [0.2, 0.25) is 0 Å². The molecule has 1 aromatic carbocycles. The van der Waals surface area contributed by atoms with Gasteiger partial charge in [-0.25, -0.2) is 4.39 Å². The predicted molar refractivity (Wildman–Crippen MR) is 82.6 cm³/mol. The van der Waals surface area contributed by atoms with Crippen molar-refractivity contribution in [3.63, 3.8) is 0 Å². The third-order valence-electron chi connectivity index (χ3n) is 3.86. The molecule has 0 heterocycles. The van der Waals surface area contributed by atoms with Crippen molar-refractivity contribution < 1.29 is 9.13 Å². The van der Waals surface area contributed by atoms with Crippen molar-refractivity contribution in [3.8, 4) is 0 Å². The Hall–Kier alpha value is -0.930. The number of halogens is 1. The summed E-state index contributed by atoms with van der Waals surface area (Å²) in [7, 11) is 1.72. The molecule has 0 aliphatic heterocycles. The van der Waals surface area contributed by atoms with E-state index in [0.717, 1.165) is 45.4 Å². The highest BCUT2D eigenvalue weighted by atomic mass is 19.1. The molecule has 3 heteroatoms. The zero-order valence-corrected chi connectivity index (χ0v) is 13.0. The molecule has 0 aliphatic carbocycles. The highest BCUT2D eigenvalue weighted by molar-refractivity contribution is 5.26. The largest absolute Gasteiger partial charge is 0.383 e. The van der Waals surface area contributed by atoms with Crippen molar-refractivity contribution in [2.45, 2.75) is 44.9 Å².